The van der Waals surface area contributed by atoms with Crippen molar-refractivity contribution in [3.8, 4) is 0 Å². The highest BCUT2D eigenvalue weighted by Crippen LogP contribution is 2.42. The zero-order chi connectivity index (χ0) is 20.1. The molecule has 5 rings (SSSR count). The van der Waals surface area contributed by atoms with Crippen molar-refractivity contribution in [2.24, 2.45) is 0 Å². The number of hydrogen-bond donors (Lipinski definition) is 1. The lowest BCUT2D eigenvalue weighted by atomic mass is 10.1. The van der Waals surface area contributed by atoms with E-state index in [1.807, 2.05) is 13.8 Å². The fourth-order valence-corrected chi connectivity index (χ4v) is 3.29. The summed E-state index contributed by atoms with van der Waals surface area (Å²) in [4.78, 5) is 25.4. The van der Waals surface area contributed by atoms with Crippen LogP contribution in [0.15, 0.2) is 33.7 Å². The molecule has 0 spiro atoms. The maximum Gasteiger partial charge on any atom is 0.278 e. The van der Waals surface area contributed by atoms with Crippen LogP contribution in [0.25, 0.3) is 16.6 Å². The summed E-state index contributed by atoms with van der Waals surface area (Å²) >= 11 is 0. The second-order valence-electron chi connectivity index (χ2n) is 7.57. The van der Waals surface area contributed by atoms with Gasteiger partial charge < -0.3 is 9.73 Å². The Morgan fingerprint density at radius 2 is 2.14 bits per heavy atom. The summed E-state index contributed by atoms with van der Waals surface area (Å²) in [6.07, 6.45) is 3.59. The monoisotopic (exact) mass is 393 g/mol. The number of hydrogen-bond acceptors (Lipinski definition) is 7. The third kappa shape index (κ3) is 3.16. The Balaban J connectivity index is 1.46. The summed E-state index contributed by atoms with van der Waals surface area (Å²) < 4.78 is 8.60. The third-order valence-corrected chi connectivity index (χ3v) is 4.93. The number of rotatable bonds is 5. The highest BCUT2D eigenvalue weighted by Gasteiger charge is 2.29. The highest BCUT2D eigenvalue weighted by atomic mass is 16.3. The summed E-state index contributed by atoms with van der Waals surface area (Å²) in [5.74, 6) is 1.19. The van der Waals surface area contributed by atoms with Crippen LogP contribution >= 0.6 is 0 Å². The lowest BCUT2D eigenvalue weighted by Gasteiger charge is -2.10. The zero-order valence-corrected chi connectivity index (χ0v) is 16.0. The molecule has 0 radical (unpaired) electrons. The molecule has 148 valence electrons. The Labute approximate surface area is 164 Å². The molecule has 1 aliphatic rings. The van der Waals surface area contributed by atoms with Gasteiger partial charge in [-0.15, -0.1) is 15.3 Å². The molecular weight excluding hydrogens is 374 g/mol. The van der Waals surface area contributed by atoms with Crippen molar-refractivity contribution < 1.29 is 9.21 Å². The largest absolute Gasteiger partial charge is 0.459 e. The number of fused-ring (bicyclic) bond motifs is 2. The molecule has 0 atom stereocenters. The van der Waals surface area contributed by atoms with Crippen LogP contribution in [0.4, 0.5) is 5.82 Å². The molecule has 0 saturated heterocycles. The van der Waals surface area contributed by atoms with Crippen LogP contribution in [0.1, 0.15) is 50.0 Å². The van der Waals surface area contributed by atoms with Gasteiger partial charge in [-0.3, -0.25) is 9.59 Å². The maximum atomic E-state index is 12.9. The number of carbonyl (C=O) groups is 1. The van der Waals surface area contributed by atoms with Gasteiger partial charge in [0.1, 0.15) is 24.3 Å². The number of carbonyl (C=O) groups excluding carboxylic acids is 1. The topological polar surface area (TPSA) is 120 Å². The summed E-state index contributed by atoms with van der Waals surface area (Å²) in [6, 6.07) is 5.12. The predicted molar refractivity (Wildman–Crippen MR) is 104 cm³/mol. The van der Waals surface area contributed by atoms with Gasteiger partial charge in [-0.05, 0) is 31.0 Å². The molecule has 1 aliphatic carbocycles. The SMILES string of the molecule is CC(C)c1nn(CC(=O)Nc2ccc3nncn3n2)c(=O)c2cc(C3CC3)oc12. The van der Waals surface area contributed by atoms with Gasteiger partial charge in [0.25, 0.3) is 5.56 Å². The normalized spacial score (nSPS) is 14.2. The predicted octanol–water partition coefficient (Wildman–Crippen LogP) is 2.07. The molecule has 0 aromatic carbocycles. The number of nitrogens with zero attached hydrogens (tertiary/aromatic N) is 6. The minimum absolute atomic E-state index is 0.0448. The van der Waals surface area contributed by atoms with E-state index in [9.17, 15) is 9.59 Å². The minimum Gasteiger partial charge on any atom is -0.459 e. The van der Waals surface area contributed by atoms with Crippen LogP contribution in [0.2, 0.25) is 0 Å². The molecule has 4 aromatic heterocycles. The molecule has 0 unspecified atom stereocenters. The van der Waals surface area contributed by atoms with Gasteiger partial charge >= 0.3 is 0 Å². The number of aromatic nitrogens is 6. The number of amides is 1. The van der Waals surface area contributed by atoms with Gasteiger partial charge in [-0.2, -0.15) is 9.61 Å². The molecule has 0 bridgehead atoms. The van der Waals surface area contributed by atoms with E-state index in [0.717, 1.165) is 18.6 Å². The Hall–Kier alpha value is -3.56. The molecule has 4 aromatic rings. The van der Waals surface area contributed by atoms with E-state index in [-0.39, 0.29) is 18.0 Å². The molecule has 4 heterocycles. The average molecular weight is 393 g/mol. The molecule has 0 aliphatic heterocycles. The molecule has 1 amide bonds. The Morgan fingerprint density at radius 3 is 2.90 bits per heavy atom. The summed E-state index contributed by atoms with van der Waals surface area (Å²) in [6.45, 7) is 3.74. The van der Waals surface area contributed by atoms with Gasteiger partial charge in [-0.1, -0.05) is 13.8 Å². The van der Waals surface area contributed by atoms with Crippen molar-refractivity contribution in [2.45, 2.75) is 45.1 Å². The van der Waals surface area contributed by atoms with Crippen molar-refractivity contribution >= 4 is 28.3 Å². The van der Waals surface area contributed by atoms with Crippen molar-refractivity contribution in [3.05, 3.63) is 46.3 Å². The van der Waals surface area contributed by atoms with Gasteiger partial charge in [0.2, 0.25) is 5.91 Å². The molecule has 29 heavy (non-hydrogen) atoms. The van der Waals surface area contributed by atoms with E-state index in [0.29, 0.717) is 34.0 Å². The van der Waals surface area contributed by atoms with Crippen LogP contribution in [-0.4, -0.2) is 35.5 Å². The van der Waals surface area contributed by atoms with Crippen LogP contribution in [0.5, 0.6) is 0 Å². The molecule has 10 heteroatoms. The van der Waals surface area contributed by atoms with Crippen LogP contribution < -0.4 is 10.9 Å². The Morgan fingerprint density at radius 1 is 1.31 bits per heavy atom. The van der Waals surface area contributed by atoms with E-state index in [1.54, 1.807) is 18.2 Å². The second kappa shape index (κ2) is 6.50. The number of furan rings is 1. The first-order chi connectivity index (χ1) is 14.0. The first kappa shape index (κ1) is 17.5. The molecule has 1 fully saturated rings. The van der Waals surface area contributed by atoms with Crippen LogP contribution in [0, 0.1) is 0 Å². The summed E-state index contributed by atoms with van der Waals surface area (Å²) in [7, 11) is 0. The lowest BCUT2D eigenvalue weighted by molar-refractivity contribution is -0.117. The van der Waals surface area contributed by atoms with Crippen molar-refractivity contribution in [1.82, 2.24) is 29.6 Å². The highest BCUT2D eigenvalue weighted by molar-refractivity contribution is 5.89. The molecule has 1 saturated carbocycles. The fraction of sp³-hybridized carbons (Fsp3) is 0.368. The van der Waals surface area contributed by atoms with Crippen molar-refractivity contribution in [1.29, 1.82) is 0 Å². The minimum atomic E-state index is -0.403. The number of nitrogens with one attached hydrogen (secondary N) is 1. The Kier molecular flexibility index (Phi) is 3.93. The summed E-state index contributed by atoms with van der Waals surface area (Å²) in [5, 5.41) is 19.4. The van der Waals surface area contributed by atoms with E-state index in [2.05, 4.69) is 25.7 Å². The van der Waals surface area contributed by atoms with Gasteiger partial charge in [0.15, 0.2) is 17.0 Å². The number of anilines is 1. The van der Waals surface area contributed by atoms with Crippen LogP contribution in [0.3, 0.4) is 0 Å². The first-order valence-corrected chi connectivity index (χ1v) is 9.51. The molecule has 10 nitrogen and oxygen atoms in total. The first-order valence-electron chi connectivity index (χ1n) is 9.51. The van der Waals surface area contributed by atoms with Gasteiger partial charge in [0, 0.05) is 11.8 Å². The van der Waals surface area contributed by atoms with Crippen LogP contribution in [-0.2, 0) is 11.3 Å². The maximum absolute atomic E-state index is 12.9. The van der Waals surface area contributed by atoms with Gasteiger partial charge in [0.05, 0.1) is 5.39 Å². The van der Waals surface area contributed by atoms with E-state index < -0.39 is 5.91 Å². The van der Waals surface area contributed by atoms with Crippen molar-refractivity contribution in [3.63, 3.8) is 0 Å². The average Bonchev–Trinajstić information content (AvgIpc) is 3.26. The molecule has 1 N–H and O–H groups in total. The quantitative estimate of drug-likeness (QED) is 0.551. The Bertz CT molecular complexity index is 1300. The third-order valence-electron chi connectivity index (χ3n) is 4.93. The fourth-order valence-electron chi connectivity index (χ4n) is 3.29. The van der Waals surface area contributed by atoms with E-state index in [4.69, 9.17) is 4.42 Å². The smallest absolute Gasteiger partial charge is 0.278 e. The van der Waals surface area contributed by atoms with E-state index in [1.165, 1.54) is 15.5 Å². The standard InChI is InChI=1S/C19H19N7O3/c1-10(2)17-18-12(7-13(29-18)11-3-4-11)19(28)25(24-17)8-16(27)21-14-5-6-15-22-20-9-26(15)23-14/h5-7,9-11H,3-4,8H2,1-2H3,(H,21,23,27). The molecular formula is C19H19N7O3. The zero-order valence-electron chi connectivity index (χ0n) is 16.0. The van der Waals surface area contributed by atoms with E-state index >= 15 is 0 Å². The summed E-state index contributed by atoms with van der Waals surface area (Å²) in [5.41, 5.74) is 1.43. The van der Waals surface area contributed by atoms with Crippen molar-refractivity contribution in [2.75, 3.05) is 5.32 Å². The lowest BCUT2D eigenvalue weighted by Crippen LogP contribution is -2.30. The second-order valence-corrected chi connectivity index (χ2v) is 7.57. The van der Waals surface area contributed by atoms with Gasteiger partial charge in [-0.25, -0.2) is 4.68 Å².